The Morgan fingerprint density at radius 2 is 1.94 bits per heavy atom. The van der Waals surface area contributed by atoms with Gasteiger partial charge in [0.15, 0.2) is 0 Å². The maximum absolute atomic E-state index is 9.80. The monoisotopic (exact) mass is 293 g/mol. The van der Waals surface area contributed by atoms with Crippen molar-refractivity contribution in [2.45, 2.75) is 32.3 Å². The largest absolute Gasteiger partial charge is 0.389 e. The van der Waals surface area contributed by atoms with Gasteiger partial charge in [0.25, 0.3) is 0 Å². The van der Waals surface area contributed by atoms with Crippen molar-refractivity contribution in [2.24, 2.45) is 5.41 Å². The van der Waals surface area contributed by atoms with E-state index < -0.39 is 5.60 Å². The van der Waals surface area contributed by atoms with Gasteiger partial charge in [-0.2, -0.15) is 0 Å². The van der Waals surface area contributed by atoms with E-state index in [1.165, 1.54) is 0 Å². The number of aliphatic hydroxyl groups is 1. The molecule has 3 nitrogen and oxygen atoms in total. The summed E-state index contributed by atoms with van der Waals surface area (Å²) < 4.78 is 5.42. The van der Waals surface area contributed by atoms with Gasteiger partial charge in [-0.25, -0.2) is 0 Å². The Balaban J connectivity index is 2.48. The summed E-state index contributed by atoms with van der Waals surface area (Å²) in [4.78, 5) is 2.23. The van der Waals surface area contributed by atoms with Crippen LogP contribution in [0.5, 0.6) is 0 Å². The van der Waals surface area contributed by atoms with Crippen molar-refractivity contribution < 1.29 is 9.84 Å². The number of halogens is 1. The van der Waals surface area contributed by atoms with Crippen LogP contribution in [0, 0.1) is 5.41 Å². The van der Waals surface area contributed by atoms with Crippen LogP contribution < -0.4 is 0 Å². The molecule has 0 aromatic heterocycles. The number of ether oxygens (including phenoxy) is 1. The maximum atomic E-state index is 9.80. The fourth-order valence-electron chi connectivity index (χ4n) is 2.43. The zero-order valence-electron chi connectivity index (χ0n) is 10.6. The van der Waals surface area contributed by atoms with E-state index >= 15 is 0 Å². The molecule has 0 saturated carbocycles. The van der Waals surface area contributed by atoms with E-state index in [9.17, 15) is 5.11 Å². The van der Waals surface area contributed by atoms with Gasteiger partial charge in [-0.15, -0.1) is 0 Å². The smallest absolute Gasteiger partial charge is 0.0718 e. The molecule has 0 amide bonds. The second-order valence-corrected chi connectivity index (χ2v) is 6.29. The lowest BCUT2D eigenvalue weighted by atomic mass is 9.82. The lowest BCUT2D eigenvalue weighted by Gasteiger charge is -2.40. The lowest BCUT2D eigenvalue weighted by Crippen LogP contribution is -2.45. The number of alkyl halides is 1. The quantitative estimate of drug-likeness (QED) is 0.786. The number of hydrogen-bond acceptors (Lipinski definition) is 3. The highest BCUT2D eigenvalue weighted by molar-refractivity contribution is 9.09. The fraction of sp³-hybridized carbons (Fsp3) is 1.00. The van der Waals surface area contributed by atoms with Gasteiger partial charge < -0.3 is 14.7 Å². The Hall–Kier alpha value is 0.360. The minimum Gasteiger partial charge on any atom is -0.389 e. The van der Waals surface area contributed by atoms with Crippen LogP contribution in [0.2, 0.25) is 0 Å². The van der Waals surface area contributed by atoms with Crippen molar-refractivity contribution >= 4 is 15.9 Å². The summed E-state index contributed by atoms with van der Waals surface area (Å²) in [5.74, 6) is 0. The van der Waals surface area contributed by atoms with Gasteiger partial charge in [0.05, 0.1) is 5.60 Å². The average molecular weight is 294 g/mol. The van der Waals surface area contributed by atoms with E-state index in [1.807, 2.05) is 13.8 Å². The first-order valence-electron chi connectivity index (χ1n) is 5.92. The SMILES string of the molecule is CN(CC(C)(C)O)CC1(CBr)CCOCC1. The van der Waals surface area contributed by atoms with Gasteiger partial charge in [0.2, 0.25) is 0 Å². The van der Waals surface area contributed by atoms with Gasteiger partial charge >= 0.3 is 0 Å². The molecule has 4 heteroatoms. The molecular formula is C12H24BrNO2. The molecule has 1 rings (SSSR count). The maximum Gasteiger partial charge on any atom is 0.0718 e. The number of rotatable bonds is 5. The first-order valence-corrected chi connectivity index (χ1v) is 7.04. The van der Waals surface area contributed by atoms with Crippen molar-refractivity contribution in [1.29, 1.82) is 0 Å². The minimum absolute atomic E-state index is 0.318. The molecular weight excluding hydrogens is 270 g/mol. The molecule has 0 aliphatic carbocycles. The van der Waals surface area contributed by atoms with E-state index in [2.05, 4.69) is 27.9 Å². The third kappa shape index (κ3) is 4.70. The first-order chi connectivity index (χ1) is 7.37. The second kappa shape index (κ2) is 5.80. The summed E-state index contributed by atoms with van der Waals surface area (Å²) >= 11 is 3.63. The molecule has 1 aliphatic rings. The van der Waals surface area contributed by atoms with E-state index in [-0.39, 0.29) is 0 Å². The third-order valence-electron chi connectivity index (χ3n) is 3.10. The molecule has 0 radical (unpaired) electrons. The van der Waals surface area contributed by atoms with Gasteiger partial charge in [-0.1, -0.05) is 15.9 Å². The molecule has 0 unspecified atom stereocenters. The number of hydrogen-bond donors (Lipinski definition) is 1. The molecule has 0 bridgehead atoms. The molecule has 1 heterocycles. The Morgan fingerprint density at radius 3 is 2.38 bits per heavy atom. The van der Waals surface area contributed by atoms with Crippen LogP contribution in [-0.4, -0.2) is 54.3 Å². The molecule has 0 atom stereocenters. The molecule has 1 N–H and O–H groups in total. The zero-order chi connectivity index (χ0) is 12.2. The van der Waals surface area contributed by atoms with Crippen LogP contribution in [0.25, 0.3) is 0 Å². The van der Waals surface area contributed by atoms with Crippen LogP contribution in [0.15, 0.2) is 0 Å². The van der Waals surface area contributed by atoms with Gasteiger partial charge in [0.1, 0.15) is 0 Å². The van der Waals surface area contributed by atoms with E-state index in [0.29, 0.717) is 12.0 Å². The van der Waals surface area contributed by atoms with Crippen LogP contribution in [0.1, 0.15) is 26.7 Å². The third-order valence-corrected chi connectivity index (χ3v) is 4.29. The van der Waals surface area contributed by atoms with Gasteiger partial charge in [-0.3, -0.25) is 0 Å². The predicted molar refractivity (Wildman–Crippen MR) is 70.1 cm³/mol. The normalized spacial score (nSPS) is 21.4. The topological polar surface area (TPSA) is 32.7 Å². The molecule has 1 fully saturated rings. The molecule has 1 saturated heterocycles. The molecule has 96 valence electrons. The summed E-state index contributed by atoms with van der Waals surface area (Å²) in [5, 5.41) is 10.8. The van der Waals surface area contributed by atoms with Gasteiger partial charge in [-0.05, 0) is 39.2 Å². The van der Waals surface area contributed by atoms with Crippen LogP contribution >= 0.6 is 15.9 Å². The summed E-state index contributed by atoms with van der Waals surface area (Å²) in [6, 6.07) is 0. The summed E-state index contributed by atoms with van der Waals surface area (Å²) in [6.07, 6.45) is 2.21. The van der Waals surface area contributed by atoms with Crippen molar-refractivity contribution in [2.75, 3.05) is 38.7 Å². The summed E-state index contributed by atoms with van der Waals surface area (Å²) in [7, 11) is 2.08. The average Bonchev–Trinajstić information content (AvgIpc) is 2.16. The minimum atomic E-state index is -0.618. The van der Waals surface area contributed by atoms with Crippen molar-refractivity contribution in [3.8, 4) is 0 Å². The fourth-order valence-corrected chi connectivity index (χ4v) is 3.17. The van der Waals surface area contributed by atoms with Gasteiger partial charge in [0, 0.05) is 31.6 Å². The Labute approximate surface area is 107 Å². The van der Waals surface area contributed by atoms with Crippen LogP contribution in [0.3, 0.4) is 0 Å². The molecule has 0 spiro atoms. The van der Waals surface area contributed by atoms with Crippen molar-refractivity contribution in [3.05, 3.63) is 0 Å². The van der Waals surface area contributed by atoms with Crippen LogP contribution in [-0.2, 0) is 4.74 Å². The highest BCUT2D eigenvalue weighted by Gasteiger charge is 2.33. The Morgan fingerprint density at radius 1 is 1.38 bits per heavy atom. The lowest BCUT2D eigenvalue weighted by molar-refractivity contribution is -0.00731. The van der Waals surface area contributed by atoms with E-state index in [1.54, 1.807) is 0 Å². The Kier molecular flexibility index (Phi) is 5.23. The summed E-state index contributed by atoms with van der Waals surface area (Å²) in [5.41, 5.74) is -0.300. The van der Waals surface area contributed by atoms with Crippen LogP contribution in [0.4, 0.5) is 0 Å². The highest BCUT2D eigenvalue weighted by atomic mass is 79.9. The first kappa shape index (κ1) is 14.4. The standard InChI is InChI=1S/C12H24BrNO2/c1-11(2,15)9-14(3)10-12(8-13)4-6-16-7-5-12/h15H,4-10H2,1-3H3. The second-order valence-electron chi connectivity index (χ2n) is 5.73. The van der Waals surface area contributed by atoms with Crippen molar-refractivity contribution in [1.82, 2.24) is 4.90 Å². The highest BCUT2D eigenvalue weighted by Crippen LogP contribution is 2.33. The Bertz CT molecular complexity index is 210. The number of likely N-dealkylation sites (N-methyl/N-ethyl adjacent to an activating group) is 1. The molecule has 0 aromatic carbocycles. The van der Waals surface area contributed by atoms with Crippen molar-refractivity contribution in [3.63, 3.8) is 0 Å². The van der Waals surface area contributed by atoms with E-state index in [4.69, 9.17) is 4.74 Å². The molecule has 0 aromatic rings. The molecule has 1 aliphatic heterocycles. The zero-order valence-corrected chi connectivity index (χ0v) is 12.2. The van der Waals surface area contributed by atoms with E-state index in [0.717, 1.165) is 37.9 Å². The summed E-state index contributed by atoms with van der Waals surface area (Å²) in [6.45, 7) is 7.17. The number of nitrogens with zero attached hydrogens (tertiary/aromatic N) is 1. The molecule has 16 heavy (non-hydrogen) atoms. The predicted octanol–water partition coefficient (Wildman–Crippen LogP) is 1.88.